The molecular weight excluding hydrogens is 115 g/mol. The van der Waals surface area contributed by atoms with Gasteiger partial charge in [-0.05, 0) is 6.92 Å². The van der Waals surface area contributed by atoms with Crippen LogP contribution in [-0.2, 0) is 0 Å². The highest BCUT2D eigenvalue weighted by Gasteiger charge is 2.06. The van der Waals surface area contributed by atoms with Crippen LogP contribution < -0.4 is 0 Å². The molecule has 0 rings (SSSR count). The topological polar surface area (TPSA) is 40.5 Å². The van der Waals surface area contributed by atoms with Gasteiger partial charge in [-0.3, -0.25) is 0 Å². The number of hydrogen-bond acceptors (Lipinski definition) is 2. The molecule has 0 aliphatic rings. The molecule has 44 valence electrons. The molecule has 7 heavy (non-hydrogen) atoms. The van der Waals surface area contributed by atoms with Gasteiger partial charge < -0.3 is 10.2 Å². The highest BCUT2D eigenvalue weighted by atomic mass is 35.5. The van der Waals surface area contributed by atoms with E-state index in [1.165, 1.54) is 6.92 Å². The first-order valence-corrected chi connectivity index (χ1v) is 2.64. The summed E-state index contributed by atoms with van der Waals surface area (Å²) in [4.78, 5) is 0. The molecule has 2 unspecified atom stereocenters. The van der Waals surface area contributed by atoms with Crippen molar-refractivity contribution < 1.29 is 10.2 Å². The van der Waals surface area contributed by atoms with Gasteiger partial charge >= 0.3 is 0 Å². The van der Waals surface area contributed by atoms with Crippen molar-refractivity contribution in [2.24, 2.45) is 0 Å². The van der Waals surface area contributed by atoms with E-state index in [9.17, 15) is 0 Å². The molecule has 0 heterocycles. The Hall–Kier alpha value is 0.210. The Morgan fingerprint density at radius 3 is 2.00 bits per heavy atom. The third-order valence-corrected chi connectivity index (χ3v) is 1.03. The lowest BCUT2D eigenvalue weighted by Gasteiger charge is -2.07. The Balaban J connectivity index is 3.14. The molecule has 2 nitrogen and oxygen atoms in total. The smallest absolute Gasteiger partial charge is 0.0931 e. The van der Waals surface area contributed by atoms with E-state index in [0.29, 0.717) is 0 Å². The van der Waals surface area contributed by atoms with Gasteiger partial charge in [-0.2, -0.15) is 0 Å². The highest BCUT2D eigenvalue weighted by Crippen LogP contribution is 1.92. The minimum Gasteiger partial charge on any atom is -0.391 e. The van der Waals surface area contributed by atoms with Gasteiger partial charge in [0.05, 0.1) is 18.1 Å². The molecule has 0 saturated heterocycles. The minimum absolute atomic E-state index is 0.0949. The second kappa shape index (κ2) is 3.24. The summed E-state index contributed by atoms with van der Waals surface area (Å²) in [7, 11) is 0. The summed E-state index contributed by atoms with van der Waals surface area (Å²) in [5, 5.41) is 17.0. The Labute approximate surface area is 47.7 Å². The number of rotatable bonds is 2. The maximum atomic E-state index is 8.55. The second-order valence-corrected chi connectivity index (χ2v) is 1.77. The van der Waals surface area contributed by atoms with Gasteiger partial charge in [0.15, 0.2) is 0 Å². The normalized spacial score (nSPS) is 18.9. The fraction of sp³-hybridized carbons (Fsp3) is 1.00. The molecule has 3 heteroatoms. The lowest BCUT2D eigenvalue weighted by Crippen LogP contribution is -2.23. The average molecular weight is 125 g/mol. The zero-order chi connectivity index (χ0) is 5.86. The summed E-state index contributed by atoms with van der Waals surface area (Å²) >= 11 is 5.14. The fourth-order valence-electron chi connectivity index (χ4n) is 0.129. The summed E-state index contributed by atoms with van der Waals surface area (Å²) in [6.45, 7) is 1.49. The molecule has 0 aliphatic heterocycles. The van der Waals surface area contributed by atoms with Crippen molar-refractivity contribution in [2.75, 3.05) is 5.88 Å². The first kappa shape index (κ1) is 7.21. The van der Waals surface area contributed by atoms with Gasteiger partial charge in [0.25, 0.3) is 0 Å². The van der Waals surface area contributed by atoms with Crippen LogP contribution in [0.15, 0.2) is 0 Å². The van der Waals surface area contributed by atoms with E-state index in [1.54, 1.807) is 0 Å². The van der Waals surface area contributed by atoms with Gasteiger partial charge in [-0.15, -0.1) is 11.6 Å². The maximum Gasteiger partial charge on any atom is 0.0931 e. The van der Waals surface area contributed by atoms with E-state index in [0.717, 1.165) is 0 Å². The SMILES string of the molecule is CC(O)C(O)CCl. The monoisotopic (exact) mass is 124 g/mol. The molecule has 0 aliphatic carbocycles. The van der Waals surface area contributed by atoms with Crippen molar-refractivity contribution in [3.63, 3.8) is 0 Å². The van der Waals surface area contributed by atoms with Crippen LogP contribution in [0.3, 0.4) is 0 Å². The number of hydrogen-bond donors (Lipinski definition) is 2. The van der Waals surface area contributed by atoms with Crippen molar-refractivity contribution in [2.45, 2.75) is 19.1 Å². The molecule has 0 amide bonds. The summed E-state index contributed by atoms with van der Waals surface area (Å²) < 4.78 is 0. The van der Waals surface area contributed by atoms with E-state index < -0.39 is 12.2 Å². The zero-order valence-corrected chi connectivity index (χ0v) is 4.89. The van der Waals surface area contributed by atoms with E-state index >= 15 is 0 Å². The first-order valence-electron chi connectivity index (χ1n) is 2.10. The molecule has 0 fully saturated rings. The van der Waals surface area contributed by atoms with E-state index in [4.69, 9.17) is 21.8 Å². The molecular formula is C4H9ClO2. The van der Waals surface area contributed by atoms with Crippen molar-refractivity contribution in [1.29, 1.82) is 0 Å². The fourth-order valence-corrected chi connectivity index (χ4v) is 0.387. The van der Waals surface area contributed by atoms with Crippen molar-refractivity contribution >= 4 is 11.6 Å². The molecule has 2 N–H and O–H groups in total. The summed E-state index contributed by atoms with van der Waals surface area (Å²) in [5.74, 6) is 0.0949. The summed E-state index contributed by atoms with van der Waals surface area (Å²) in [6.07, 6.45) is -1.49. The van der Waals surface area contributed by atoms with Crippen LogP contribution in [0.1, 0.15) is 6.92 Å². The van der Waals surface area contributed by atoms with Gasteiger partial charge in [0.1, 0.15) is 0 Å². The summed E-state index contributed by atoms with van der Waals surface area (Å²) in [5.41, 5.74) is 0. The van der Waals surface area contributed by atoms with Crippen LogP contribution in [0.4, 0.5) is 0 Å². The number of aliphatic hydroxyl groups is 2. The highest BCUT2D eigenvalue weighted by molar-refractivity contribution is 6.18. The lowest BCUT2D eigenvalue weighted by atomic mass is 10.3. The molecule has 2 atom stereocenters. The molecule has 0 radical (unpaired) electrons. The molecule has 0 bridgehead atoms. The van der Waals surface area contributed by atoms with Crippen LogP contribution in [0.5, 0.6) is 0 Å². The van der Waals surface area contributed by atoms with E-state index in [2.05, 4.69) is 0 Å². The Bertz CT molecular complexity index is 47.0. The van der Waals surface area contributed by atoms with Gasteiger partial charge in [-0.1, -0.05) is 0 Å². The molecule has 0 aromatic rings. The number of halogens is 1. The predicted molar refractivity (Wildman–Crippen MR) is 28.4 cm³/mol. The Kier molecular flexibility index (Phi) is 3.34. The zero-order valence-electron chi connectivity index (χ0n) is 4.13. The van der Waals surface area contributed by atoms with E-state index in [-0.39, 0.29) is 5.88 Å². The second-order valence-electron chi connectivity index (χ2n) is 1.46. The van der Waals surface area contributed by atoms with Crippen molar-refractivity contribution in [1.82, 2.24) is 0 Å². The summed E-state index contributed by atoms with van der Waals surface area (Å²) in [6, 6.07) is 0. The quantitative estimate of drug-likeness (QED) is 0.508. The maximum absolute atomic E-state index is 8.55. The largest absolute Gasteiger partial charge is 0.391 e. The average Bonchev–Trinajstić information content (AvgIpc) is 1.65. The van der Waals surface area contributed by atoms with Crippen LogP contribution in [-0.4, -0.2) is 28.3 Å². The van der Waals surface area contributed by atoms with Gasteiger partial charge in [0, 0.05) is 0 Å². The van der Waals surface area contributed by atoms with Gasteiger partial charge in [-0.25, -0.2) is 0 Å². The van der Waals surface area contributed by atoms with Crippen molar-refractivity contribution in [3.8, 4) is 0 Å². The van der Waals surface area contributed by atoms with Crippen LogP contribution in [0, 0.1) is 0 Å². The number of aliphatic hydroxyl groups excluding tert-OH is 2. The number of alkyl halides is 1. The minimum atomic E-state index is -0.776. The van der Waals surface area contributed by atoms with Crippen LogP contribution >= 0.6 is 11.6 Å². The Morgan fingerprint density at radius 2 is 2.00 bits per heavy atom. The molecule has 0 spiro atoms. The van der Waals surface area contributed by atoms with Crippen LogP contribution in [0.2, 0.25) is 0 Å². The third-order valence-electron chi connectivity index (χ3n) is 0.715. The molecule has 0 aromatic carbocycles. The van der Waals surface area contributed by atoms with E-state index in [1.807, 2.05) is 0 Å². The third kappa shape index (κ3) is 2.85. The Morgan fingerprint density at radius 1 is 1.57 bits per heavy atom. The lowest BCUT2D eigenvalue weighted by molar-refractivity contribution is 0.0460. The van der Waals surface area contributed by atoms with Crippen LogP contribution in [0.25, 0.3) is 0 Å². The molecule has 0 aromatic heterocycles. The van der Waals surface area contributed by atoms with Crippen molar-refractivity contribution in [3.05, 3.63) is 0 Å². The predicted octanol–water partition coefficient (Wildman–Crippen LogP) is -0.0331. The molecule has 0 saturated carbocycles. The van der Waals surface area contributed by atoms with Gasteiger partial charge in [0.2, 0.25) is 0 Å². The first-order chi connectivity index (χ1) is 3.18. The standard InChI is InChI=1S/C4H9ClO2/c1-3(6)4(7)2-5/h3-4,6-7H,2H2,1H3.